The Bertz CT molecular complexity index is 535. The van der Waals surface area contributed by atoms with Crippen molar-refractivity contribution in [3.8, 4) is 11.1 Å². The Kier molecular flexibility index (Phi) is 5.54. The fraction of sp³-hybridized carbons (Fsp3) is 0.368. The number of aliphatic hydroxyl groups is 1. The highest BCUT2D eigenvalue weighted by Gasteiger charge is 2.14. The second-order valence-electron chi connectivity index (χ2n) is 5.82. The Labute approximate surface area is 127 Å². The first-order valence-corrected chi connectivity index (χ1v) is 7.64. The molecule has 0 amide bonds. The molecule has 0 saturated heterocycles. The van der Waals surface area contributed by atoms with Gasteiger partial charge in [-0.2, -0.15) is 0 Å². The summed E-state index contributed by atoms with van der Waals surface area (Å²) in [5.74, 6) is 0.260. The summed E-state index contributed by atoms with van der Waals surface area (Å²) in [6.07, 6.45) is 0. The molecule has 112 valence electrons. The van der Waals surface area contributed by atoms with E-state index in [0.29, 0.717) is 6.04 Å². The monoisotopic (exact) mass is 283 g/mol. The molecule has 0 spiro atoms. The lowest BCUT2D eigenvalue weighted by Crippen LogP contribution is -2.35. The van der Waals surface area contributed by atoms with E-state index in [0.717, 1.165) is 0 Å². The SMILES string of the molecule is CC(NC(C)C(C)CO)c1ccc(-c2ccccc2)cc1. The third-order valence-corrected chi connectivity index (χ3v) is 4.17. The number of hydrogen-bond donors (Lipinski definition) is 2. The molecule has 0 bridgehead atoms. The minimum atomic E-state index is 0.216. The lowest BCUT2D eigenvalue weighted by molar-refractivity contribution is 0.202. The van der Waals surface area contributed by atoms with Gasteiger partial charge in [-0.15, -0.1) is 0 Å². The molecule has 0 aliphatic heterocycles. The highest BCUT2D eigenvalue weighted by Crippen LogP contribution is 2.22. The molecule has 0 saturated carbocycles. The maximum absolute atomic E-state index is 9.21. The van der Waals surface area contributed by atoms with Crippen molar-refractivity contribution in [2.24, 2.45) is 5.92 Å². The number of hydrogen-bond acceptors (Lipinski definition) is 2. The van der Waals surface area contributed by atoms with E-state index in [1.165, 1.54) is 16.7 Å². The second kappa shape index (κ2) is 7.39. The van der Waals surface area contributed by atoms with Crippen LogP contribution in [0.3, 0.4) is 0 Å². The van der Waals surface area contributed by atoms with Gasteiger partial charge in [0.2, 0.25) is 0 Å². The van der Waals surface area contributed by atoms with Crippen molar-refractivity contribution in [2.75, 3.05) is 6.61 Å². The summed E-state index contributed by atoms with van der Waals surface area (Å²) in [6.45, 7) is 6.56. The van der Waals surface area contributed by atoms with Crippen LogP contribution in [0.5, 0.6) is 0 Å². The molecule has 0 aliphatic rings. The minimum Gasteiger partial charge on any atom is -0.396 e. The molecule has 0 aromatic heterocycles. The summed E-state index contributed by atoms with van der Waals surface area (Å²) in [6, 6.07) is 19.7. The molecule has 2 N–H and O–H groups in total. The number of rotatable bonds is 6. The van der Waals surface area contributed by atoms with E-state index in [1.54, 1.807) is 0 Å². The highest BCUT2D eigenvalue weighted by atomic mass is 16.3. The van der Waals surface area contributed by atoms with Crippen molar-refractivity contribution in [3.63, 3.8) is 0 Å². The normalized spacial score (nSPS) is 15.4. The van der Waals surface area contributed by atoms with E-state index in [9.17, 15) is 5.11 Å². The number of nitrogens with one attached hydrogen (secondary N) is 1. The quantitative estimate of drug-likeness (QED) is 0.839. The van der Waals surface area contributed by atoms with E-state index >= 15 is 0 Å². The van der Waals surface area contributed by atoms with Crippen molar-refractivity contribution in [1.82, 2.24) is 5.32 Å². The van der Waals surface area contributed by atoms with Gasteiger partial charge in [0.25, 0.3) is 0 Å². The van der Waals surface area contributed by atoms with Gasteiger partial charge in [0.05, 0.1) is 0 Å². The maximum atomic E-state index is 9.21. The third kappa shape index (κ3) is 4.16. The fourth-order valence-corrected chi connectivity index (χ4v) is 2.41. The molecule has 2 rings (SSSR count). The van der Waals surface area contributed by atoms with Gasteiger partial charge in [0.1, 0.15) is 0 Å². The van der Waals surface area contributed by atoms with Crippen molar-refractivity contribution < 1.29 is 5.11 Å². The van der Waals surface area contributed by atoms with Crippen molar-refractivity contribution in [2.45, 2.75) is 32.9 Å². The molecule has 2 aromatic carbocycles. The van der Waals surface area contributed by atoms with E-state index < -0.39 is 0 Å². The van der Waals surface area contributed by atoms with Crippen LogP contribution in [-0.4, -0.2) is 17.8 Å². The van der Waals surface area contributed by atoms with Crippen LogP contribution >= 0.6 is 0 Å². The van der Waals surface area contributed by atoms with Crippen LogP contribution in [0.15, 0.2) is 54.6 Å². The van der Waals surface area contributed by atoms with Crippen LogP contribution < -0.4 is 5.32 Å². The smallest absolute Gasteiger partial charge is 0.0471 e. The Morgan fingerprint density at radius 1 is 0.857 bits per heavy atom. The zero-order valence-electron chi connectivity index (χ0n) is 13.1. The average molecular weight is 283 g/mol. The molecule has 2 aromatic rings. The first-order chi connectivity index (χ1) is 10.1. The van der Waals surface area contributed by atoms with Crippen LogP contribution in [0.1, 0.15) is 32.4 Å². The van der Waals surface area contributed by atoms with Crippen LogP contribution in [0, 0.1) is 5.92 Å². The summed E-state index contributed by atoms with van der Waals surface area (Å²) in [5.41, 5.74) is 3.75. The summed E-state index contributed by atoms with van der Waals surface area (Å²) in [4.78, 5) is 0. The summed E-state index contributed by atoms with van der Waals surface area (Å²) >= 11 is 0. The first kappa shape index (κ1) is 15.7. The Balaban J connectivity index is 2.05. The van der Waals surface area contributed by atoms with Gasteiger partial charge >= 0.3 is 0 Å². The predicted molar refractivity (Wildman–Crippen MR) is 89.1 cm³/mol. The van der Waals surface area contributed by atoms with Gasteiger partial charge in [-0.3, -0.25) is 0 Å². The molecule has 0 fully saturated rings. The number of aliphatic hydroxyl groups excluding tert-OH is 1. The summed E-state index contributed by atoms with van der Waals surface area (Å²) < 4.78 is 0. The molecule has 21 heavy (non-hydrogen) atoms. The third-order valence-electron chi connectivity index (χ3n) is 4.17. The minimum absolute atomic E-state index is 0.216. The molecular formula is C19H25NO. The van der Waals surface area contributed by atoms with Gasteiger partial charge in [-0.25, -0.2) is 0 Å². The van der Waals surface area contributed by atoms with E-state index in [1.807, 2.05) is 6.07 Å². The largest absolute Gasteiger partial charge is 0.396 e. The van der Waals surface area contributed by atoms with E-state index in [4.69, 9.17) is 0 Å². The Morgan fingerprint density at radius 2 is 1.43 bits per heavy atom. The molecular weight excluding hydrogens is 258 g/mol. The molecule has 2 nitrogen and oxygen atoms in total. The van der Waals surface area contributed by atoms with E-state index in [-0.39, 0.29) is 18.6 Å². The van der Waals surface area contributed by atoms with E-state index in [2.05, 4.69) is 74.6 Å². The standard InChI is InChI=1S/C19H25NO/c1-14(13-21)15(2)20-16(3)17-9-11-19(12-10-17)18-7-5-4-6-8-18/h4-12,14-16,20-21H,13H2,1-3H3. The summed E-state index contributed by atoms with van der Waals surface area (Å²) in [7, 11) is 0. The lowest BCUT2D eigenvalue weighted by Gasteiger charge is -2.24. The van der Waals surface area contributed by atoms with Gasteiger partial charge in [-0.05, 0) is 36.5 Å². The van der Waals surface area contributed by atoms with Gasteiger partial charge in [-0.1, -0.05) is 61.5 Å². The van der Waals surface area contributed by atoms with Gasteiger partial charge < -0.3 is 10.4 Å². The summed E-state index contributed by atoms with van der Waals surface area (Å²) in [5, 5.41) is 12.8. The van der Waals surface area contributed by atoms with Gasteiger partial charge in [0, 0.05) is 18.7 Å². The van der Waals surface area contributed by atoms with Crippen molar-refractivity contribution >= 4 is 0 Å². The van der Waals surface area contributed by atoms with Crippen LogP contribution in [0.25, 0.3) is 11.1 Å². The van der Waals surface area contributed by atoms with Crippen LogP contribution in [0.2, 0.25) is 0 Å². The van der Waals surface area contributed by atoms with Gasteiger partial charge in [0.15, 0.2) is 0 Å². The molecule has 3 unspecified atom stereocenters. The molecule has 3 atom stereocenters. The molecule has 0 heterocycles. The second-order valence-corrected chi connectivity index (χ2v) is 5.82. The Hall–Kier alpha value is -1.64. The Morgan fingerprint density at radius 3 is 2.00 bits per heavy atom. The maximum Gasteiger partial charge on any atom is 0.0471 e. The van der Waals surface area contributed by atoms with Crippen LogP contribution in [0.4, 0.5) is 0 Å². The molecule has 2 heteroatoms. The predicted octanol–water partition coefficient (Wildman–Crippen LogP) is 4.02. The topological polar surface area (TPSA) is 32.3 Å². The zero-order valence-corrected chi connectivity index (χ0v) is 13.1. The number of benzene rings is 2. The van der Waals surface area contributed by atoms with Crippen molar-refractivity contribution in [3.05, 3.63) is 60.2 Å². The average Bonchev–Trinajstić information content (AvgIpc) is 2.55. The highest BCUT2D eigenvalue weighted by molar-refractivity contribution is 5.63. The molecule has 0 aliphatic carbocycles. The first-order valence-electron chi connectivity index (χ1n) is 7.64. The van der Waals surface area contributed by atoms with Crippen molar-refractivity contribution in [1.29, 1.82) is 0 Å². The lowest BCUT2D eigenvalue weighted by atomic mass is 9.99. The fourth-order valence-electron chi connectivity index (χ4n) is 2.41. The molecule has 0 radical (unpaired) electrons. The zero-order chi connectivity index (χ0) is 15.2. The van der Waals surface area contributed by atoms with Crippen LogP contribution in [-0.2, 0) is 0 Å².